The molecule has 0 bridgehead atoms. The molecule has 9 heavy (non-hydrogen) atoms. The number of aliphatic imine (C=N–C) groups is 1. The zero-order valence-electron chi connectivity index (χ0n) is 4.79. The van der Waals surface area contributed by atoms with E-state index in [2.05, 4.69) is 10.3 Å². The van der Waals surface area contributed by atoms with Crippen LogP contribution in [0.15, 0.2) is 16.9 Å². The van der Waals surface area contributed by atoms with Gasteiger partial charge < -0.3 is 11.1 Å². The molecule has 1 amide bonds. The Morgan fingerprint density at radius 1 is 1.89 bits per heavy atom. The van der Waals surface area contributed by atoms with Crippen molar-refractivity contribution in [1.29, 1.82) is 0 Å². The Morgan fingerprint density at radius 2 is 2.67 bits per heavy atom. The number of nitrogens with zero attached hydrogens (tertiary/aromatic N) is 1. The summed E-state index contributed by atoms with van der Waals surface area (Å²) in [5.41, 5.74) is 5.30. The van der Waals surface area contributed by atoms with Crippen LogP contribution in [0.1, 0.15) is 0 Å². The molecule has 0 aromatic carbocycles. The first-order valence-electron chi connectivity index (χ1n) is 2.56. The molecule has 0 radical (unpaired) electrons. The van der Waals surface area contributed by atoms with E-state index in [9.17, 15) is 4.79 Å². The minimum absolute atomic E-state index is 0.373. The Hall–Kier alpha value is -1.32. The standard InChI is InChI=1S/C5H7N3O/c6-5(9)4-3-7-1-2-8-4/h1,3,8H,2H2,(H2,6,9). The molecule has 0 saturated carbocycles. The maximum atomic E-state index is 10.4. The number of carbonyl (C=O) groups excluding carboxylic acids is 1. The summed E-state index contributed by atoms with van der Waals surface area (Å²) in [7, 11) is 0. The van der Waals surface area contributed by atoms with E-state index in [0.29, 0.717) is 12.2 Å². The van der Waals surface area contributed by atoms with Gasteiger partial charge in [0.15, 0.2) is 0 Å². The molecule has 0 atom stereocenters. The van der Waals surface area contributed by atoms with Crippen LogP contribution in [0.2, 0.25) is 0 Å². The van der Waals surface area contributed by atoms with E-state index in [1.165, 1.54) is 6.20 Å². The van der Waals surface area contributed by atoms with Crippen LogP contribution in [0.5, 0.6) is 0 Å². The van der Waals surface area contributed by atoms with Crippen LogP contribution in [0.4, 0.5) is 0 Å². The Balaban J connectivity index is 2.68. The second kappa shape index (κ2) is 2.30. The number of primary amides is 1. The molecule has 1 aliphatic rings. The van der Waals surface area contributed by atoms with Gasteiger partial charge in [0.05, 0.1) is 12.7 Å². The van der Waals surface area contributed by atoms with Gasteiger partial charge in [-0.3, -0.25) is 9.79 Å². The van der Waals surface area contributed by atoms with Gasteiger partial charge in [0.2, 0.25) is 0 Å². The van der Waals surface area contributed by atoms with Gasteiger partial charge in [-0.05, 0) is 0 Å². The first kappa shape index (κ1) is 5.81. The maximum Gasteiger partial charge on any atom is 0.266 e. The van der Waals surface area contributed by atoms with E-state index in [-0.39, 0.29) is 0 Å². The Bertz CT molecular complexity index is 183. The third kappa shape index (κ3) is 1.28. The Kier molecular flexibility index (Phi) is 1.48. The highest BCUT2D eigenvalue weighted by Gasteiger charge is 2.03. The number of hydrogen-bond donors (Lipinski definition) is 2. The van der Waals surface area contributed by atoms with Gasteiger partial charge in [0.1, 0.15) is 5.70 Å². The summed E-state index contributed by atoms with van der Waals surface area (Å²) in [6.45, 7) is 0.578. The first-order valence-corrected chi connectivity index (χ1v) is 2.56. The predicted octanol–water partition coefficient (Wildman–Crippen LogP) is -1.01. The normalized spacial score (nSPS) is 16.2. The SMILES string of the molecule is NC(=O)C1=CN=CCN1. The fraction of sp³-hybridized carbons (Fsp3) is 0.200. The monoisotopic (exact) mass is 125 g/mol. The van der Waals surface area contributed by atoms with Crippen LogP contribution in [0.25, 0.3) is 0 Å². The lowest BCUT2D eigenvalue weighted by Gasteiger charge is -2.05. The molecule has 1 rings (SSSR count). The average Bonchev–Trinajstić information content (AvgIpc) is 1.90. The Labute approximate surface area is 52.5 Å². The van der Waals surface area contributed by atoms with Crippen molar-refractivity contribution in [2.24, 2.45) is 10.7 Å². The number of carbonyl (C=O) groups is 1. The molecule has 0 aliphatic carbocycles. The van der Waals surface area contributed by atoms with Gasteiger partial charge in [-0.1, -0.05) is 0 Å². The van der Waals surface area contributed by atoms with Gasteiger partial charge in [-0.2, -0.15) is 0 Å². The van der Waals surface area contributed by atoms with Crippen LogP contribution in [-0.4, -0.2) is 18.7 Å². The summed E-state index contributed by atoms with van der Waals surface area (Å²) < 4.78 is 0. The molecule has 4 heteroatoms. The van der Waals surface area contributed by atoms with Gasteiger partial charge in [-0.15, -0.1) is 0 Å². The van der Waals surface area contributed by atoms with E-state index in [1.807, 2.05) is 0 Å². The molecule has 1 heterocycles. The van der Waals surface area contributed by atoms with E-state index in [1.54, 1.807) is 6.21 Å². The molecule has 0 spiro atoms. The highest BCUT2D eigenvalue weighted by Crippen LogP contribution is 1.90. The van der Waals surface area contributed by atoms with Crippen molar-refractivity contribution in [3.8, 4) is 0 Å². The summed E-state index contributed by atoms with van der Waals surface area (Å²) in [6.07, 6.45) is 3.07. The molecule has 0 saturated heterocycles. The van der Waals surface area contributed by atoms with Crippen molar-refractivity contribution in [3.63, 3.8) is 0 Å². The van der Waals surface area contributed by atoms with Gasteiger partial charge in [0.25, 0.3) is 5.91 Å². The number of nitrogens with two attached hydrogens (primary N) is 1. The summed E-state index contributed by atoms with van der Waals surface area (Å²) in [5, 5.41) is 2.76. The third-order valence-electron chi connectivity index (χ3n) is 0.958. The van der Waals surface area contributed by atoms with Crippen LogP contribution >= 0.6 is 0 Å². The lowest BCUT2D eigenvalue weighted by Crippen LogP contribution is -2.29. The maximum absolute atomic E-state index is 10.4. The number of rotatable bonds is 1. The smallest absolute Gasteiger partial charge is 0.266 e. The summed E-state index contributed by atoms with van der Waals surface area (Å²) >= 11 is 0. The van der Waals surface area contributed by atoms with Gasteiger partial charge >= 0.3 is 0 Å². The van der Waals surface area contributed by atoms with Crippen molar-refractivity contribution in [1.82, 2.24) is 5.32 Å². The van der Waals surface area contributed by atoms with Crippen molar-refractivity contribution in [3.05, 3.63) is 11.9 Å². The van der Waals surface area contributed by atoms with E-state index in [0.717, 1.165) is 0 Å². The zero-order valence-corrected chi connectivity index (χ0v) is 4.79. The molecule has 0 unspecified atom stereocenters. The van der Waals surface area contributed by atoms with Crippen molar-refractivity contribution in [2.45, 2.75) is 0 Å². The molecular formula is C5H7N3O. The molecule has 0 fully saturated rings. The fourth-order valence-electron chi connectivity index (χ4n) is 0.532. The molecule has 0 aromatic heterocycles. The van der Waals surface area contributed by atoms with Crippen LogP contribution < -0.4 is 11.1 Å². The van der Waals surface area contributed by atoms with Crippen molar-refractivity contribution < 1.29 is 4.79 Å². The number of nitrogens with one attached hydrogen (secondary N) is 1. The summed E-state index contributed by atoms with van der Waals surface area (Å²) in [6, 6.07) is 0. The van der Waals surface area contributed by atoms with Gasteiger partial charge in [-0.25, -0.2) is 0 Å². The Morgan fingerprint density at radius 3 is 3.00 bits per heavy atom. The minimum Gasteiger partial charge on any atom is -0.374 e. The molecule has 48 valence electrons. The topological polar surface area (TPSA) is 67.5 Å². The second-order valence-electron chi connectivity index (χ2n) is 1.62. The highest BCUT2D eigenvalue weighted by molar-refractivity contribution is 5.92. The molecule has 1 aliphatic heterocycles. The molecule has 0 aromatic rings. The lowest BCUT2D eigenvalue weighted by atomic mass is 10.4. The lowest BCUT2D eigenvalue weighted by molar-refractivity contribution is -0.114. The summed E-state index contributed by atoms with van der Waals surface area (Å²) in [5.74, 6) is -0.466. The second-order valence-corrected chi connectivity index (χ2v) is 1.62. The van der Waals surface area contributed by atoms with Crippen LogP contribution in [0, 0.1) is 0 Å². The predicted molar refractivity (Wildman–Crippen MR) is 33.8 cm³/mol. The number of amides is 1. The highest BCUT2D eigenvalue weighted by atomic mass is 16.1. The molecule has 3 N–H and O–H groups in total. The van der Waals surface area contributed by atoms with E-state index >= 15 is 0 Å². The third-order valence-corrected chi connectivity index (χ3v) is 0.958. The van der Waals surface area contributed by atoms with Crippen molar-refractivity contribution in [2.75, 3.05) is 6.54 Å². The fourth-order valence-corrected chi connectivity index (χ4v) is 0.532. The number of hydrogen-bond acceptors (Lipinski definition) is 3. The quantitative estimate of drug-likeness (QED) is 0.471. The van der Waals surface area contributed by atoms with Crippen LogP contribution in [-0.2, 0) is 4.79 Å². The average molecular weight is 125 g/mol. The summed E-state index contributed by atoms with van der Waals surface area (Å²) in [4.78, 5) is 14.1. The molecular weight excluding hydrogens is 118 g/mol. The minimum atomic E-state index is -0.466. The van der Waals surface area contributed by atoms with E-state index in [4.69, 9.17) is 5.73 Å². The first-order chi connectivity index (χ1) is 4.30. The zero-order chi connectivity index (χ0) is 6.69. The van der Waals surface area contributed by atoms with Gasteiger partial charge in [0, 0.05) is 6.21 Å². The van der Waals surface area contributed by atoms with Crippen LogP contribution in [0.3, 0.4) is 0 Å². The van der Waals surface area contributed by atoms with Crippen molar-refractivity contribution >= 4 is 12.1 Å². The van der Waals surface area contributed by atoms with E-state index < -0.39 is 5.91 Å². The molecule has 4 nitrogen and oxygen atoms in total. The largest absolute Gasteiger partial charge is 0.374 e.